The number of benzene rings is 1. The molecule has 2 aromatic rings. The number of rotatable bonds is 2. The Kier molecular flexibility index (Phi) is 3.80. The molecule has 1 heterocycles. The van der Waals surface area contributed by atoms with E-state index in [0.717, 1.165) is 24.9 Å². The van der Waals surface area contributed by atoms with Crippen molar-refractivity contribution in [1.82, 2.24) is 4.98 Å². The molecule has 0 aliphatic heterocycles. The van der Waals surface area contributed by atoms with Gasteiger partial charge in [0, 0.05) is 11.9 Å². The van der Waals surface area contributed by atoms with Crippen LogP contribution in [0.2, 0.25) is 5.02 Å². The smallest absolute Gasteiger partial charge is 0.257 e. The Bertz CT molecular complexity index is 700. The minimum atomic E-state index is -0.256. The number of nitrogen functional groups attached to an aromatic ring is 1. The van der Waals surface area contributed by atoms with Gasteiger partial charge in [-0.15, -0.1) is 0 Å². The summed E-state index contributed by atoms with van der Waals surface area (Å²) in [6.07, 6.45) is 5.83. The van der Waals surface area contributed by atoms with Crippen molar-refractivity contribution in [3.05, 3.63) is 52.2 Å². The predicted octanol–water partition coefficient (Wildman–Crippen LogP) is 3.45. The molecule has 4 nitrogen and oxygen atoms in total. The molecule has 0 fully saturated rings. The lowest BCUT2D eigenvalue weighted by molar-refractivity contribution is 0.102. The van der Waals surface area contributed by atoms with Crippen LogP contribution in [0, 0.1) is 0 Å². The fourth-order valence-corrected chi connectivity index (χ4v) is 2.91. The molecular weight excluding hydrogens is 286 g/mol. The zero-order valence-corrected chi connectivity index (χ0v) is 12.3. The molecule has 1 aliphatic rings. The van der Waals surface area contributed by atoms with Crippen LogP contribution in [0.1, 0.15) is 34.3 Å². The predicted molar refractivity (Wildman–Crippen MR) is 84.7 cm³/mol. The molecule has 108 valence electrons. The Hall–Kier alpha value is -2.07. The van der Waals surface area contributed by atoms with Crippen molar-refractivity contribution in [2.75, 3.05) is 11.1 Å². The van der Waals surface area contributed by atoms with Crippen molar-refractivity contribution in [2.24, 2.45) is 0 Å². The van der Waals surface area contributed by atoms with Gasteiger partial charge in [-0.2, -0.15) is 0 Å². The molecule has 0 bridgehead atoms. The van der Waals surface area contributed by atoms with E-state index >= 15 is 0 Å². The fourth-order valence-electron chi connectivity index (χ4n) is 2.72. The third-order valence-electron chi connectivity index (χ3n) is 3.77. The molecule has 1 aromatic heterocycles. The molecule has 3 rings (SSSR count). The van der Waals surface area contributed by atoms with Gasteiger partial charge in [-0.3, -0.25) is 4.79 Å². The van der Waals surface area contributed by atoms with Gasteiger partial charge in [0.1, 0.15) is 5.82 Å². The van der Waals surface area contributed by atoms with E-state index in [9.17, 15) is 4.79 Å². The second-order valence-electron chi connectivity index (χ2n) is 5.19. The topological polar surface area (TPSA) is 68.0 Å². The van der Waals surface area contributed by atoms with Crippen LogP contribution in [0.3, 0.4) is 0 Å². The maximum atomic E-state index is 12.4. The van der Waals surface area contributed by atoms with Crippen molar-refractivity contribution in [3.63, 3.8) is 0 Å². The van der Waals surface area contributed by atoms with Crippen LogP contribution in [-0.4, -0.2) is 10.9 Å². The van der Waals surface area contributed by atoms with Gasteiger partial charge in [0.2, 0.25) is 0 Å². The van der Waals surface area contributed by atoms with Gasteiger partial charge < -0.3 is 11.1 Å². The molecule has 0 atom stereocenters. The molecule has 0 radical (unpaired) electrons. The summed E-state index contributed by atoms with van der Waals surface area (Å²) in [5.74, 6) is 0.0210. The highest BCUT2D eigenvalue weighted by Crippen LogP contribution is 2.28. The summed E-state index contributed by atoms with van der Waals surface area (Å²) in [5.41, 5.74) is 9.38. The van der Waals surface area contributed by atoms with E-state index < -0.39 is 0 Å². The average Bonchev–Trinajstić information content (AvgIpc) is 2.50. The van der Waals surface area contributed by atoms with Crippen LogP contribution in [0.25, 0.3) is 0 Å². The Morgan fingerprint density at radius 2 is 2.10 bits per heavy atom. The first-order chi connectivity index (χ1) is 10.1. The second-order valence-corrected chi connectivity index (χ2v) is 5.60. The van der Waals surface area contributed by atoms with E-state index in [1.54, 1.807) is 0 Å². The quantitative estimate of drug-likeness (QED) is 0.892. The Morgan fingerprint density at radius 1 is 1.29 bits per heavy atom. The highest BCUT2D eigenvalue weighted by Gasteiger charge is 2.17. The Morgan fingerprint density at radius 3 is 2.95 bits per heavy atom. The van der Waals surface area contributed by atoms with Gasteiger partial charge in [-0.1, -0.05) is 23.7 Å². The number of hydrogen-bond donors (Lipinski definition) is 2. The van der Waals surface area contributed by atoms with Gasteiger partial charge in [0.15, 0.2) is 0 Å². The van der Waals surface area contributed by atoms with Gasteiger partial charge in [-0.05, 0) is 48.9 Å². The summed E-state index contributed by atoms with van der Waals surface area (Å²) in [4.78, 5) is 16.3. The van der Waals surface area contributed by atoms with Crippen molar-refractivity contribution in [1.29, 1.82) is 0 Å². The molecular formula is C16H16ClN3O. The van der Waals surface area contributed by atoms with E-state index in [4.69, 9.17) is 17.3 Å². The molecule has 0 unspecified atom stereocenters. The number of carbonyl (C=O) groups excluding carboxylic acids is 1. The molecule has 3 N–H and O–H groups in total. The number of amides is 1. The number of nitrogens with zero attached hydrogens (tertiary/aromatic N) is 1. The lowest BCUT2D eigenvalue weighted by Gasteiger charge is -2.19. The van der Waals surface area contributed by atoms with Gasteiger partial charge in [0.05, 0.1) is 10.6 Å². The number of nitrogens with one attached hydrogen (secondary N) is 1. The van der Waals surface area contributed by atoms with Crippen molar-refractivity contribution >= 4 is 29.0 Å². The van der Waals surface area contributed by atoms with Crippen LogP contribution in [-0.2, 0) is 12.8 Å². The number of nitrogens with two attached hydrogens (primary N) is 1. The molecule has 0 saturated heterocycles. The van der Waals surface area contributed by atoms with Gasteiger partial charge >= 0.3 is 0 Å². The largest absolute Gasteiger partial charge is 0.384 e. The first-order valence-corrected chi connectivity index (χ1v) is 7.36. The van der Waals surface area contributed by atoms with Crippen LogP contribution in [0.15, 0.2) is 30.5 Å². The third-order valence-corrected chi connectivity index (χ3v) is 4.07. The number of fused-ring (bicyclic) bond motifs is 1. The van der Waals surface area contributed by atoms with Crippen LogP contribution >= 0.6 is 11.6 Å². The minimum Gasteiger partial charge on any atom is -0.384 e. The summed E-state index contributed by atoms with van der Waals surface area (Å²) in [7, 11) is 0. The van der Waals surface area contributed by atoms with Crippen molar-refractivity contribution in [3.8, 4) is 0 Å². The molecule has 0 saturated carbocycles. The number of aryl methyl sites for hydroxylation is 1. The van der Waals surface area contributed by atoms with E-state index in [2.05, 4.69) is 16.4 Å². The summed E-state index contributed by atoms with van der Waals surface area (Å²) in [6.45, 7) is 0. The number of carbonyl (C=O) groups is 1. The van der Waals surface area contributed by atoms with Crippen molar-refractivity contribution in [2.45, 2.75) is 25.7 Å². The molecule has 0 spiro atoms. The van der Waals surface area contributed by atoms with Crippen LogP contribution in [0.5, 0.6) is 0 Å². The maximum Gasteiger partial charge on any atom is 0.257 e. The van der Waals surface area contributed by atoms with Crippen molar-refractivity contribution < 1.29 is 4.79 Å². The van der Waals surface area contributed by atoms with Crippen LogP contribution < -0.4 is 11.1 Å². The monoisotopic (exact) mass is 301 g/mol. The SMILES string of the molecule is Nc1cc(C(=O)Nc2cccc3c2CCCC3)c(Cl)cn1. The van der Waals surface area contributed by atoms with E-state index in [-0.39, 0.29) is 11.7 Å². The van der Waals surface area contributed by atoms with E-state index in [1.165, 1.54) is 29.8 Å². The second kappa shape index (κ2) is 5.74. The molecule has 21 heavy (non-hydrogen) atoms. The lowest BCUT2D eigenvalue weighted by Crippen LogP contribution is -2.16. The van der Waals surface area contributed by atoms with Crippen LogP contribution in [0.4, 0.5) is 11.5 Å². The first-order valence-electron chi connectivity index (χ1n) is 6.98. The first kappa shape index (κ1) is 13.9. The number of halogens is 1. The highest BCUT2D eigenvalue weighted by molar-refractivity contribution is 6.34. The van der Waals surface area contributed by atoms with E-state index in [1.807, 2.05) is 12.1 Å². The fraction of sp³-hybridized carbons (Fsp3) is 0.250. The van der Waals surface area contributed by atoms with E-state index in [0.29, 0.717) is 10.6 Å². The summed E-state index contributed by atoms with van der Waals surface area (Å²) >= 11 is 6.02. The zero-order valence-electron chi connectivity index (χ0n) is 11.5. The number of pyridine rings is 1. The highest BCUT2D eigenvalue weighted by atomic mass is 35.5. The third kappa shape index (κ3) is 2.85. The number of anilines is 2. The Labute approximate surface area is 128 Å². The number of hydrogen-bond acceptors (Lipinski definition) is 3. The Balaban J connectivity index is 1.90. The van der Waals surface area contributed by atoms with Gasteiger partial charge in [-0.25, -0.2) is 4.98 Å². The maximum absolute atomic E-state index is 12.4. The molecule has 5 heteroatoms. The zero-order chi connectivity index (χ0) is 14.8. The number of aromatic nitrogens is 1. The summed E-state index contributed by atoms with van der Waals surface area (Å²) < 4.78 is 0. The minimum absolute atomic E-state index is 0.256. The normalized spacial score (nSPS) is 13.6. The lowest BCUT2D eigenvalue weighted by atomic mass is 9.90. The molecule has 1 amide bonds. The summed E-state index contributed by atoms with van der Waals surface area (Å²) in [5, 5.41) is 3.25. The standard InChI is InChI=1S/C16H16ClN3O/c17-13-9-19-15(18)8-12(13)16(21)20-14-7-3-5-10-4-1-2-6-11(10)14/h3,5,7-9H,1-2,4,6H2,(H2,18,19)(H,20,21). The molecule has 1 aliphatic carbocycles. The summed E-state index contributed by atoms with van der Waals surface area (Å²) in [6, 6.07) is 7.53. The van der Waals surface area contributed by atoms with Gasteiger partial charge in [0.25, 0.3) is 5.91 Å². The molecule has 1 aromatic carbocycles. The average molecular weight is 302 g/mol.